The van der Waals surface area contributed by atoms with E-state index in [2.05, 4.69) is 9.89 Å². The molecule has 2 aliphatic heterocycles. The van der Waals surface area contributed by atoms with Crippen LogP contribution in [0, 0.1) is 0 Å². The molecule has 0 aliphatic carbocycles. The summed E-state index contributed by atoms with van der Waals surface area (Å²) < 4.78 is 9.94. The van der Waals surface area contributed by atoms with Crippen molar-refractivity contribution in [3.63, 3.8) is 0 Å². The lowest BCUT2D eigenvalue weighted by Gasteiger charge is -2.25. The van der Waals surface area contributed by atoms with Crippen LogP contribution in [-0.2, 0) is 19.1 Å². The molecule has 1 atom stereocenters. The monoisotopic (exact) mass is 284 g/mol. The number of oxime groups is 1. The van der Waals surface area contributed by atoms with Crippen LogP contribution in [0.1, 0.15) is 33.6 Å². The van der Waals surface area contributed by atoms with Crippen LogP contribution < -0.4 is 0 Å². The van der Waals surface area contributed by atoms with Crippen LogP contribution in [0.4, 0.5) is 4.79 Å². The summed E-state index contributed by atoms with van der Waals surface area (Å²) in [6.45, 7) is 6.36. The third-order valence-corrected chi connectivity index (χ3v) is 3.23. The number of rotatable bonds is 1. The molecule has 0 aromatic carbocycles. The molecule has 7 heteroatoms. The smallest absolute Gasteiger partial charge is 0.410 e. The van der Waals surface area contributed by atoms with Crippen LogP contribution >= 0.6 is 0 Å². The molecule has 1 amide bonds. The standard InChI is InChI=1S/C13H20N2O5/c1-12(2,3)19-11(17)15-6-5-13(8-15)7-9(14-20-13)10(16)18-4/h5-8H2,1-4H3. The number of amides is 1. The van der Waals surface area contributed by atoms with Crippen molar-refractivity contribution in [1.29, 1.82) is 0 Å². The second-order valence-corrected chi connectivity index (χ2v) is 6.13. The molecule has 2 rings (SSSR count). The topological polar surface area (TPSA) is 77.4 Å². The molecule has 0 saturated carbocycles. The van der Waals surface area contributed by atoms with Gasteiger partial charge in [0.1, 0.15) is 5.60 Å². The minimum atomic E-state index is -0.611. The van der Waals surface area contributed by atoms with E-state index in [1.165, 1.54) is 7.11 Å². The summed E-state index contributed by atoms with van der Waals surface area (Å²) in [5, 5.41) is 3.77. The maximum atomic E-state index is 12.0. The van der Waals surface area contributed by atoms with Crippen molar-refractivity contribution >= 4 is 17.8 Å². The molecule has 1 spiro atoms. The fourth-order valence-corrected chi connectivity index (χ4v) is 2.29. The number of esters is 1. The highest BCUT2D eigenvalue weighted by molar-refractivity contribution is 6.36. The number of ether oxygens (including phenoxy) is 2. The lowest BCUT2D eigenvalue weighted by Crippen LogP contribution is -2.39. The first-order valence-electron chi connectivity index (χ1n) is 6.56. The Labute approximate surface area is 117 Å². The summed E-state index contributed by atoms with van der Waals surface area (Å²) >= 11 is 0. The average Bonchev–Trinajstić information content (AvgIpc) is 2.95. The summed E-state index contributed by atoms with van der Waals surface area (Å²) in [5.41, 5.74) is -0.879. The number of likely N-dealkylation sites (tertiary alicyclic amines) is 1. The van der Waals surface area contributed by atoms with Gasteiger partial charge in [0.15, 0.2) is 11.3 Å². The van der Waals surface area contributed by atoms with E-state index < -0.39 is 17.2 Å². The van der Waals surface area contributed by atoms with Crippen molar-refractivity contribution < 1.29 is 23.9 Å². The third kappa shape index (κ3) is 3.02. The van der Waals surface area contributed by atoms with E-state index in [0.717, 1.165) is 0 Å². The van der Waals surface area contributed by atoms with Gasteiger partial charge in [-0.15, -0.1) is 0 Å². The van der Waals surface area contributed by atoms with Crippen LogP contribution in [0.25, 0.3) is 0 Å². The maximum absolute atomic E-state index is 12.0. The van der Waals surface area contributed by atoms with E-state index in [4.69, 9.17) is 9.57 Å². The normalized spacial score (nSPS) is 25.4. The summed E-state index contributed by atoms with van der Waals surface area (Å²) in [6, 6.07) is 0. The van der Waals surface area contributed by atoms with Gasteiger partial charge in [-0.3, -0.25) is 0 Å². The van der Waals surface area contributed by atoms with E-state index in [1.807, 2.05) is 20.8 Å². The second-order valence-electron chi connectivity index (χ2n) is 6.13. The van der Waals surface area contributed by atoms with Gasteiger partial charge in [0.05, 0.1) is 13.7 Å². The van der Waals surface area contributed by atoms with Crippen molar-refractivity contribution in [2.24, 2.45) is 5.16 Å². The van der Waals surface area contributed by atoms with Gasteiger partial charge in [0.25, 0.3) is 0 Å². The predicted molar refractivity (Wildman–Crippen MR) is 70.3 cm³/mol. The molecule has 2 aliphatic rings. The van der Waals surface area contributed by atoms with Crippen molar-refractivity contribution in [1.82, 2.24) is 4.90 Å². The second kappa shape index (κ2) is 4.96. The molecule has 2 heterocycles. The van der Waals surface area contributed by atoms with Crippen molar-refractivity contribution in [2.45, 2.75) is 44.8 Å². The zero-order valence-electron chi connectivity index (χ0n) is 12.3. The number of methoxy groups -OCH3 is 1. The van der Waals surface area contributed by atoms with Crippen molar-refractivity contribution in [2.75, 3.05) is 20.2 Å². The largest absolute Gasteiger partial charge is 0.464 e. The summed E-state index contributed by atoms with van der Waals surface area (Å²) in [7, 11) is 1.30. The Hall–Kier alpha value is -1.79. The third-order valence-electron chi connectivity index (χ3n) is 3.23. The SMILES string of the molecule is COC(=O)C1=NOC2(CCN(C(=O)OC(C)(C)C)C2)C1. The fourth-order valence-electron chi connectivity index (χ4n) is 2.29. The summed E-state index contributed by atoms with van der Waals surface area (Å²) in [4.78, 5) is 30.4. The van der Waals surface area contributed by atoms with Crippen LogP contribution in [0.3, 0.4) is 0 Å². The zero-order chi connectivity index (χ0) is 15.0. The first-order chi connectivity index (χ1) is 9.25. The molecular formula is C13H20N2O5. The Morgan fingerprint density at radius 1 is 1.40 bits per heavy atom. The van der Waals surface area contributed by atoms with Gasteiger partial charge in [-0.1, -0.05) is 5.16 Å². The number of hydrogen-bond acceptors (Lipinski definition) is 6. The van der Waals surface area contributed by atoms with Crippen LogP contribution in [0.2, 0.25) is 0 Å². The van der Waals surface area contributed by atoms with Gasteiger partial charge in [-0.25, -0.2) is 9.59 Å². The van der Waals surface area contributed by atoms with Crippen LogP contribution in [0.15, 0.2) is 5.16 Å². The number of carbonyl (C=O) groups excluding carboxylic acids is 2. The molecule has 112 valence electrons. The van der Waals surface area contributed by atoms with Gasteiger partial charge in [-0.2, -0.15) is 0 Å². The van der Waals surface area contributed by atoms with E-state index in [1.54, 1.807) is 4.90 Å². The highest BCUT2D eigenvalue weighted by atomic mass is 16.7. The van der Waals surface area contributed by atoms with Gasteiger partial charge in [0.2, 0.25) is 0 Å². The Balaban J connectivity index is 1.94. The molecule has 7 nitrogen and oxygen atoms in total. The van der Waals surface area contributed by atoms with Gasteiger partial charge in [-0.05, 0) is 20.8 Å². The minimum Gasteiger partial charge on any atom is -0.464 e. The molecule has 0 N–H and O–H groups in total. The molecule has 20 heavy (non-hydrogen) atoms. The molecular weight excluding hydrogens is 264 g/mol. The number of carbonyl (C=O) groups is 2. The minimum absolute atomic E-state index is 0.263. The highest BCUT2D eigenvalue weighted by Gasteiger charge is 2.48. The maximum Gasteiger partial charge on any atom is 0.410 e. The van der Waals surface area contributed by atoms with Gasteiger partial charge < -0.3 is 19.2 Å². The predicted octanol–water partition coefficient (Wildman–Crippen LogP) is 1.32. The lowest BCUT2D eigenvalue weighted by molar-refractivity contribution is -0.132. The quantitative estimate of drug-likeness (QED) is 0.679. The molecule has 1 saturated heterocycles. The lowest BCUT2D eigenvalue weighted by atomic mass is 9.97. The Morgan fingerprint density at radius 2 is 2.10 bits per heavy atom. The highest BCUT2D eigenvalue weighted by Crippen LogP contribution is 2.34. The average molecular weight is 284 g/mol. The zero-order valence-corrected chi connectivity index (χ0v) is 12.3. The van der Waals surface area contributed by atoms with E-state index in [-0.39, 0.29) is 11.8 Å². The Bertz CT molecular complexity index is 454. The van der Waals surface area contributed by atoms with Crippen molar-refractivity contribution in [3.8, 4) is 0 Å². The van der Waals surface area contributed by atoms with E-state index >= 15 is 0 Å². The van der Waals surface area contributed by atoms with Crippen LogP contribution in [0.5, 0.6) is 0 Å². The van der Waals surface area contributed by atoms with Gasteiger partial charge in [0, 0.05) is 19.4 Å². The van der Waals surface area contributed by atoms with E-state index in [9.17, 15) is 9.59 Å². The molecule has 1 unspecified atom stereocenters. The fraction of sp³-hybridized carbons (Fsp3) is 0.769. The van der Waals surface area contributed by atoms with Crippen molar-refractivity contribution in [3.05, 3.63) is 0 Å². The molecule has 0 radical (unpaired) electrons. The Kier molecular flexibility index (Phi) is 3.62. The first kappa shape index (κ1) is 14.6. The molecule has 1 fully saturated rings. The first-order valence-corrected chi connectivity index (χ1v) is 6.56. The van der Waals surface area contributed by atoms with E-state index in [0.29, 0.717) is 25.9 Å². The number of hydrogen-bond donors (Lipinski definition) is 0. The summed E-state index contributed by atoms with van der Waals surface area (Å²) in [5.74, 6) is -0.488. The molecule has 0 aromatic heterocycles. The van der Waals surface area contributed by atoms with Crippen LogP contribution in [-0.4, -0.2) is 54.1 Å². The molecule has 0 aromatic rings. The Morgan fingerprint density at radius 3 is 2.70 bits per heavy atom. The number of nitrogens with zero attached hydrogens (tertiary/aromatic N) is 2. The van der Waals surface area contributed by atoms with Gasteiger partial charge >= 0.3 is 12.1 Å². The molecule has 0 bridgehead atoms. The summed E-state index contributed by atoms with van der Waals surface area (Å²) in [6.07, 6.45) is 0.611.